The molecule has 0 aromatic rings. The van der Waals surface area contributed by atoms with Crippen LogP contribution in [0.1, 0.15) is 26.7 Å². The van der Waals surface area contributed by atoms with Gasteiger partial charge in [-0.3, -0.25) is 0 Å². The van der Waals surface area contributed by atoms with Crippen LogP contribution in [-0.4, -0.2) is 0 Å². The molecule has 0 heteroatoms. The third kappa shape index (κ3) is 1.44. The van der Waals surface area contributed by atoms with E-state index in [1.54, 1.807) is 5.57 Å². The fourth-order valence-corrected chi connectivity index (χ4v) is 1.22. The van der Waals surface area contributed by atoms with Crippen LogP contribution in [0.2, 0.25) is 0 Å². The van der Waals surface area contributed by atoms with Crippen LogP contribution >= 0.6 is 0 Å². The van der Waals surface area contributed by atoms with Crippen molar-refractivity contribution in [1.82, 2.24) is 0 Å². The molecule has 0 saturated carbocycles. The van der Waals surface area contributed by atoms with E-state index in [1.807, 2.05) is 0 Å². The Kier molecular flexibility index (Phi) is 2.10. The molecule has 0 aliphatic heterocycles. The Morgan fingerprint density at radius 1 is 1.56 bits per heavy atom. The summed E-state index contributed by atoms with van der Waals surface area (Å²) >= 11 is 0. The van der Waals surface area contributed by atoms with Crippen molar-refractivity contribution in [2.24, 2.45) is 5.92 Å². The third-order valence-electron chi connectivity index (χ3n) is 1.83. The summed E-state index contributed by atoms with van der Waals surface area (Å²) in [6.45, 7) is 4.48. The summed E-state index contributed by atoms with van der Waals surface area (Å²) in [5.74, 6) is 0.713. The molecule has 1 aliphatic carbocycles. The third-order valence-corrected chi connectivity index (χ3v) is 1.83. The van der Waals surface area contributed by atoms with Crippen molar-refractivity contribution in [1.29, 1.82) is 0 Å². The summed E-state index contributed by atoms with van der Waals surface area (Å²) in [7, 11) is 0. The lowest BCUT2D eigenvalue weighted by Crippen LogP contribution is -1.89. The summed E-state index contributed by atoms with van der Waals surface area (Å²) < 4.78 is 0. The molecule has 9 heavy (non-hydrogen) atoms. The Labute approximate surface area is 57.3 Å². The Bertz CT molecular complexity index is 140. The summed E-state index contributed by atoms with van der Waals surface area (Å²) in [6, 6.07) is 0. The van der Waals surface area contributed by atoms with Crippen molar-refractivity contribution in [3.05, 3.63) is 23.8 Å². The van der Waals surface area contributed by atoms with Gasteiger partial charge in [0, 0.05) is 0 Å². The van der Waals surface area contributed by atoms with Crippen molar-refractivity contribution in [2.45, 2.75) is 26.7 Å². The minimum absolute atomic E-state index is 0.713. The molecule has 0 saturated heterocycles. The molecule has 0 amide bonds. The first-order valence-electron chi connectivity index (χ1n) is 3.72. The molecule has 0 aromatic heterocycles. The molecular formula is C9H14. The van der Waals surface area contributed by atoms with Gasteiger partial charge in [-0.25, -0.2) is 0 Å². The highest BCUT2D eigenvalue weighted by Crippen LogP contribution is 2.22. The minimum Gasteiger partial charge on any atom is -0.0776 e. The SMILES string of the molecule is CCCC1=CC=CC1C. The molecule has 0 aromatic carbocycles. The van der Waals surface area contributed by atoms with Crippen molar-refractivity contribution in [3.8, 4) is 0 Å². The van der Waals surface area contributed by atoms with Crippen LogP contribution in [0, 0.1) is 5.92 Å². The second-order valence-corrected chi connectivity index (χ2v) is 2.67. The molecule has 0 fully saturated rings. The van der Waals surface area contributed by atoms with Crippen LogP contribution < -0.4 is 0 Å². The average molecular weight is 122 g/mol. The standard InChI is InChI=1S/C9H14/c1-3-5-9-7-4-6-8(9)2/h4,6-8H,3,5H2,1-2H3. The Morgan fingerprint density at radius 3 is 2.78 bits per heavy atom. The number of hydrogen-bond acceptors (Lipinski definition) is 0. The zero-order valence-electron chi connectivity index (χ0n) is 6.22. The van der Waals surface area contributed by atoms with E-state index in [4.69, 9.17) is 0 Å². The van der Waals surface area contributed by atoms with Gasteiger partial charge in [-0.2, -0.15) is 0 Å². The van der Waals surface area contributed by atoms with Crippen LogP contribution in [0.4, 0.5) is 0 Å². The molecule has 0 N–H and O–H groups in total. The summed E-state index contributed by atoms with van der Waals surface area (Å²) in [6.07, 6.45) is 9.21. The van der Waals surface area contributed by atoms with Crippen LogP contribution in [0.5, 0.6) is 0 Å². The molecule has 1 rings (SSSR count). The monoisotopic (exact) mass is 122 g/mol. The molecule has 0 bridgehead atoms. The van der Waals surface area contributed by atoms with E-state index in [9.17, 15) is 0 Å². The lowest BCUT2D eigenvalue weighted by atomic mass is 10.0. The Hall–Kier alpha value is -0.520. The summed E-state index contributed by atoms with van der Waals surface area (Å²) in [5, 5.41) is 0. The van der Waals surface area contributed by atoms with Crippen LogP contribution in [0.25, 0.3) is 0 Å². The van der Waals surface area contributed by atoms with E-state index in [0.29, 0.717) is 5.92 Å². The molecule has 1 atom stereocenters. The van der Waals surface area contributed by atoms with Crippen molar-refractivity contribution in [2.75, 3.05) is 0 Å². The number of allylic oxidation sites excluding steroid dienone is 4. The lowest BCUT2D eigenvalue weighted by Gasteiger charge is -2.04. The first kappa shape index (κ1) is 6.60. The average Bonchev–Trinajstić information content (AvgIpc) is 2.18. The van der Waals surface area contributed by atoms with Gasteiger partial charge in [0.25, 0.3) is 0 Å². The van der Waals surface area contributed by atoms with E-state index in [1.165, 1.54) is 12.8 Å². The highest BCUT2D eigenvalue weighted by Gasteiger charge is 2.06. The summed E-state index contributed by atoms with van der Waals surface area (Å²) in [4.78, 5) is 0. The first-order valence-corrected chi connectivity index (χ1v) is 3.72. The maximum Gasteiger partial charge on any atom is -0.00454 e. The van der Waals surface area contributed by atoms with Crippen molar-refractivity contribution >= 4 is 0 Å². The van der Waals surface area contributed by atoms with E-state index in [2.05, 4.69) is 32.1 Å². The van der Waals surface area contributed by atoms with E-state index in [0.717, 1.165) is 0 Å². The van der Waals surface area contributed by atoms with Gasteiger partial charge in [-0.1, -0.05) is 44.1 Å². The van der Waals surface area contributed by atoms with Gasteiger partial charge in [0.2, 0.25) is 0 Å². The van der Waals surface area contributed by atoms with Crippen molar-refractivity contribution < 1.29 is 0 Å². The van der Waals surface area contributed by atoms with Gasteiger partial charge in [0.05, 0.1) is 0 Å². The van der Waals surface area contributed by atoms with Gasteiger partial charge in [0.1, 0.15) is 0 Å². The predicted octanol–water partition coefficient (Wildman–Crippen LogP) is 2.92. The second kappa shape index (κ2) is 2.86. The Morgan fingerprint density at radius 2 is 2.33 bits per heavy atom. The van der Waals surface area contributed by atoms with Gasteiger partial charge in [0.15, 0.2) is 0 Å². The second-order valence-electron chi connectivity index (χ2n) is 2.67. The molecule has 0 heterocycles. The smallest absolute Gasteiger partial charge is 0.00454 e. The molecular weight excluding hydrogens is 108 g/mol. The predicted molar refractivity (Wildman–Crippen MR) is 41.3 cm³/mol. The highest BCUT2D eigenvalue weighted by atomic mass is 14.1. The van der Waals surface area contributed by atoms with Crippen molar-refractivity contribution in [3.63, 3.8) is 0 Å². The van der Waals surface area contributed by atoms with Gasteiger partial charge in [-0.05, 0) is 12.3 Å². The van der Waals surface area contributed by atoms with Crippen LogP contribution in [-0.2, 0) is 0 Å². The molecule has 1 aliphatic rings. The highest BCUT2D eigenvalue weighted by molar-refractivity contribution is 5.26. The zero-order valence-corrected chi connectivity index (χ0v) is 6.22. The van der Waals surface area contributed by atoms with Gasteiger partial charge in [-0.15, -0.1) is 0 Å². The molecule has 50 valence electrons. The molecule has 0 nitrogen and oxygen atoms in total. The largest absolute Gasteiger partial charge is 0.0776 e. The normalized spacial score (nSPS) is 24.7. The van der Waals surface area contributed by atoms with E-state index >= 15 is 0 Å². The maximum atomic E-state index is 2.25. The first-order chi connectivity index (χ1) is 4.34. The fraction of sp³-hybridized carbons (Fsp3) is 0.556. The molecule has 1 unspecified atom stereocenters. The minimum atomic E-state index is 0.713. The number of hydrogen-bond donors (Lipinski definition) is 0. The topological polar surface area (TPSA) is 0 Å². The lowest BCUT2D eigenvalue weighted by molar-refractivity contribution is 0.774. The maximum absolute atomic E-state index is 2.25. The summed E-state index contributed by atoms with van der Waals surface area (Å²) in [5.41, 5.74) is 1.59. The Balaban J connectivity index is 2.44. The van der Waals surface area contributed by atoms with Gasteiger partial charge < -0.3 is 0 Å². The quantitative estimate of drug-likeness (QED) is 0.528. The molecule has 0 radical (unpaired) electrons. The van der Waals surface area contributed by atoms with E-state index in [-0.39, 0.29) is 0 Å². The van der Waals surface area contributed by atoms with Crippen LogP contribution in [0.15, 0.2) is 23.8 Å². The fourth-order valence-electron chi connectivity index (χ4n) is 1.22. The number of rotatable bonds is 2. The van der Waals surface area contributed by atoms with Crippen LogP contribution in [0.3, 0.4) is 0 Å². The zero-order chi connectivity index (χ0) is 6.69. The molecule has 0 spiro atoms. The van der Waals surface area contributed by atoms with E-state index < -0.39 is 0 Å². The van der Waals surface area contributed by atoms with Gasteiger partial charge >= 0.3 is 0 Å².